The first-order valence-electron chi connectivity index (χ1n) is 11.9. The van der Waals surface area contributed by atoms with Crippen LogP contribution in [0.25, 0.3) is 33.4 Å². The zero-order valence-electron chi connectivity index (χ0n) is 19.7. The van der Waals surface area contributed by atoms with Gasteiger partial charge < -0.3 is 4.90 Å². The van der Waals surface area contributed by atoms with E-state index in [2.05, 4.69) is 152 Å². The fraction of sp³-hybridized carbons (Fsp3) is 0.0909. The van der Waals surface area contributed by atoms with Gasteiger partial charge in [0.05, 0.1) is 0 Å². The highest BCUT2D eigenvalue weighted by Gasteiger charge is 2.18. The van der Waals surface area contributed by atoms with Crippen LogP contribution in [-0.4, -0.2) is 6.04 Å². The van der Waals surface area contributed by atoms with Crippen LogP contribution >= 0.6 is 0 Å². The Bertz CT molecular complexity index is 1340. The molecule has 5 rings (SSSR count). The molecule has 5 aromatic rings. The summed E-state index contributed by atoms with van der Waals surface area (Å²) in [7, 11) is 0. The van der Waals surface area contributed by atoms with Crippen LogP contribution in [0, 0.1) is 0 Å². The van der Waals surface area contributed by atoms with Crippen molar-refractivity contribution >= 4 is 11.4 Å². The minimum Gasteiger partial charge on any atom is -0.338 e. The molecule has 0 aliphatic heterocycles. The molecule has 34 heavy (non-hydrogen) atoms. The van der Waals surface area contributed by atoms with Crippen molar-refractivity contribution in [3.63, 3.8) is 0 Å². The van der Waals surface area contributed by atoms with Crippen molar-refractivity contribution in [3.05, 3.63) is 133 Å². The molecule has 0 saturated carbocycles. The second-order valence-electron chi connectivity index (χ2n) is 8.84. The Balaban J connectivity index is 1.61. The van der Waals surface area contributed by atoms with Gasteiger partial charge >= 0.3 is 0 Å². The Kier molecular flexibility index (Phi) is 6.27. The monoisotopic (exact) mass is 439 g/mol. The van der Waals surface area contributed by atoms with Crippen LogP contribution < -0.4 is 4.90 Å². The van der Waals surface area contributed by atoms with E-state index in [9.17, 15) is 0 Å². The maximum absolute atomic E-state index is 2.44. The maximum Gasteiger partial charge on any atom is 0.0493 e. The minimum atomic E-state index is 0.299. The van der Waals surface area contributed by atoms with Gasteiger partial charge in [0, 0.05) is 23.0 Å². The zero-order chi connectivity index (χ0) is 23.3. The highest BCUT2D eigenvalue weighted by molar-refractivity contribution is 5.87. The summed E-state index contributed by atoms with van der Waals surface area (Å²) in [5.74, 6) is 0. The van der Waals surface area contributed by atoms with Crippen LogP contribution in [-0.2, 0) is 0 Å². The van der Waals surface area contributed by atoms with Gasteiger partial charge in [-0.15, -0.1) is 0 Å². The van der Waals surface area contributed by atoms with Crippen molar-refractivity contribution in [1.82, 2.24) is 0 Å². The molecule has 0 N–H and O–H groups in total. The number of benzene rings is 5. The number of nitrogens with zero attached hydrogens (tertiary/aromatic N) is 1. The second-order valence-corrected chi connectivity index (χ2v) is 8.84. The zero-order valence-corrected chi connectivity index (χ0v) is 19.7. The molecule has 0 bridgehead atoms. The first-order valence-corrected chi connectivity index (χ1v) is 11.9. The number of anilines is 2. The second kappa shape index (κ2) is 9.80. The summed E-state index contributed by atoms with van der Waals surface area (Å²) >= 11 is 0. The summed E-state index contributed by atoms with van der Waals surface area (Å²) in [5, 5.41) is 0. The molecular formula is C33H29N. The van der Waals surface area contributed by atoms with Crippen molar-refractivity contribution in [2.45, 2.75) is 19.9 Å². The molecule has 0 spiro atoms. The highest BCUT2D eigenvalue weighted by atomic mass is 15.2. The molecule has 0 saturated heterocycles. The van der Waals surface area contributed by atoms with Crippen molar-refractivity contribution < 1.29 is 0 Å². The molecule has 166 valence electrons. The van der Waals surface area contributed by atoms with Crippen LogP contribution in [0.5, 0.6) is 0 Å². The average Bonchev–Trinajstić information content (AvgIpc) is 2.91. The molecule has 0 atom stereocenters. The van der Waals surface area contributed by atoms with Gasteiger partial charge in [0.1, 0.15) is 0 Å². The molecule has 1 nitrogen and oxygen atoms in total. The van der Waals surface area contributed by atoms with Gasteiger partial charge in [-0.25, -0.2) is 0 Å². The van der Waals surface area contributed by atoms with Crippen LogP contribution in [0.3, 0.4) is 0 Å². The van der Waals surface area contributed by atoms with E-state index >= 15 is 0 Å². The number of hydrogen-bond acceptors (Lipinski definition) is 1. The van der Waals surface area contributed by atoms with E-state index in [-0.39, 0.29) is 0 Å². The van der Waals surface area contributed by atoms with Gasteiger partial charge in [-0.2, -0.15) is 0 Å². The van der Waals surface area contributed by atoms with Gasteiger partial charge in [-0.05, 0) is 65.9 Å². The predicted octanol–water partition coefficient (Wildman–Crippen LogP) is 9.23. The Morgan fingerprint density at radius 3 is 1.41 bits per heavy atom. The van der Waals surface area contributed by atoms with Gasteiger partial charge in [-0.1, -0.05) is 109 Å². The van der Waals surface area contributed by atoms with Crippen molar-refractivity contribution in [1.29, 1.82) is 0 Å². The molecule has 0 heterocycles. The van der Waals surface area contributed by atoms with E-state index in [1.165, 1.54) is 44.8 Å². The van der Waals surface area contributed by atoms with E-state index in [0.717, 1.165) is 0 Å². The molecule has 0 aromatic heterocycles. The first-order chi connectivity index (χ1) is 16.7. The fourth-order valence-corrected chi connectivity index (χ4v) is 4.57. The third-order valence-corrected chi connectivity index (χ3v) is 6.22. The van der Waals surface area contributed by atoms with Gasteiger partial charge in [0.2, 0.25) is 0 Å². The lowest BCUT2D eigenvalue weighted by Gasteiger charge is -2.32. The molecule has 0 aliphatic carbocycles. The SMILES string of the molecule is CC(C)N(c1ccc(-c2ccccc2)cc1)c1ccc(-c2ccccc2)cc1-c1ccccc1. The summed E-state index contributed by atoms with van der Waals surface area (Å²) < 4.78 is 0. The average molecular weight is 440 g/mol. The van der Waals surface area contributed by atoms with Gasteiger partial charge in [0.15, 0.2) is 0 Å². The molecular weight excluding hydrogens is 410 g/mol. The number of hydrogen-bond donors (Lipinski definition) is 0. The summed E-state index contributed by atoms with van der Waals surface area (Å²) in [6.07, 6.45) is 0. The lowest BCUT2D eigenvalue weighted by Crippen LogP contribution is -2.26. The first kappa shape index (κ1) is 21.7. The van der Waals surface area contributed by atoms with E-state index < -0.39 is 0 Å². The lowest BCUT2D eigenvalue weighted by molar-refractivity contribution is 0.789. The normalized spacial score (nSPS) is 10.9. The summed E-state index contributed by atoms with van der Waals surface area (Å²) in [6, 6.07) is 47.9. The van der Waals surface area contributed by atoms with Crippen LogP contribution in [0.2, 0.25) is 0 Å². The van der Waals surface area contributed by atoms with Crippen molar-refractivity contribution in [2.24, 2.45) is 0 Å². The molecule has 5 aromatic carbocycles. The third kappa shape index (κ3) is 4.51. The lowest BCUT2D eigenvalue weighted by atomic mass is 9.96. The largest absolute Gasteiger partial charge is 0.338 e. The molecule has 0 amide bonds. The van der Waals surface area contributed by atoms with Crippen molar-refractivity contribution in [3.8, 4) is 33.4 Å². The Morgan fingerprint density at radius 1 is 0.441 bits per heavy atom. The molecule has 0 fully saturated rings. The molecule has 0 aliphatic rings. The quantitative estimate of drug-likeness (QED) is 0.255. The molecule has 1 heteroatoms. The smallest absolute Gasteiger partial charge is 0.0493 e. The van der Waals surface area contributed by atoms with Gasteiger partial charge in [-0.3, -0.25) is 0 Å². The maximum atomic E-state index is 2.44. The van der Waals surface area contributed by atoms with Crippen LogP contribution in [0.1, 0.15) is 13.8 Å². The number of rotatable bonds is 6. The molecule has 0 unspecified atom stereocenters. The summed E-state index contributed by atoms with van der Waals surface area (Å²) in [6.45, 7) is 4.51. The molecule has 0 radical (unpaired) electrons. The Labute approximate surface area is 203 Å². The van der Waals surface area contributed by atoms with E-state index in [4.69, 9.17) is 0 Å². The third-order valence-electron chi connectivity index (χ3n) is 6.22. The highest BCUT2D eigenvalue weighted by Crippen LogP contribution is 2.39. The predicted molar refractivity (Wildman–Crippen MR) is 146 cm³/mol. The summed E-state index contributed by atoms with van der Waals surface area (Å²) in [4.78, 5) is 2.44. The Morgan fingerprint density at radius 2 is 0.882 bits per heavy atom. The fourth-order valence-electron chi connectivity index (χ4n) is 4.57. The van der Waals surface area contributed by atoms with Gasteiger partial charge in [0.25, 0.3) is 0 Å². The van der Waals surface area contributed by atoms with Crippen LogP contribution in [0.15, 0.2) is 133 Å². The Hall–Kier alpha value is -4.10. The van der Waals surface area contributed by atoms with E-state index in [1.54, 1.807) is 0 Å². The van der Waals surface area contributed by atoms with Crippen molar-refractivity contribution in [2.75, 3.05) is 4.90 Å². The van der Waals surface area contributed by atoms with Crippen LogP contribution in [0.4, 0.5) is 11.4 Å². The summed E-state index contributed by atoms with van der Waals surface area (Å²) in [5.41, 5.74) is 9.80. The van der Waals surface area contributed by atoms with E-state index in [1.807, 2.05) is 0 Å². The minimum absolute atomic E-state index is 0.299. The standard InChI is InChI=1S/C33H29N/c1-25(2)34(31-21-18-28(19-22-31)26-12-6-3-7-13-26)33-23-20-30(27-14-8-4-9-15-27)24-32(33)29-16-10-5-11-17-29/h3-25H,1-2H3. The van der Waals surface area contributed by atoms with E-state index in [0.29, 0.717) is 6.04 Å². The topological polar surface area (TPSA) is 3.24 Å².